The van der Waals surface area contributed by atoms with E-state index in [0.717, 1.165) is 0 Å². The van der Waals surface area contributed by atoms with Gasteiger partial charge in [-0.25, -0.2) is 9.97 Å². The minimum Gasteiger partial charge on any atom is -0.466 e. The van der Waals surface area contributed by atoms with Crippen molar-refractivity contribution in [1.82, 2.24) is 9.97 Å². The van der Waals surface area contributed by atoms with E-state index < -0.39 is 5.97 Å². The standard InChI is InChI=1S/C10H12N2O3/c1-3-15-10(14)6-9(13)8-4-5-11-7(2)12-8/h4-5H,3,6H2,1-2H3. The number of carbonyl (C=O) groups excluding carboxylic acids is 2. The number of hydrogen-bond donors (Lipinski definition) is 0. The fourth-order valence-corrected chi connectivity index (χ4v) is 1.05. The zero-order valence-electron chi connectivity index (χ0n) is 8.69. The van der Waals surface area contributed by atoms with Gasteiger partial charge in [0.1, 0.15) is 17.9 Å². The smallest absolute Gasteiger partial charge is 0.313 e. The second-order valence-corrected chi connectivity index (χ2v) is 2.89. The lowest BCUT2D eigenvalue weighted by atomic mass is 10.2. The predicted molar refractivity (Wildman–Crippen MR) is 52.3 cm³/mol. The molecule has 1 aromatic rings. The van der Waals surface area contributed by atoms with Crippen LogP contribution in [0.2, 0.25) is 0 Å². The molecular formula is C10H12N2O3. The summed E-state index contributed by atoms with van der Waals surface area (Å²) in [5.74, 6) is -0.373. The van der Waals surface area contributed by atoms with Gasteiger partial charge in [-0.2, -0.15) is 0 Å². The van der Waals surface area contributed by atoms with Crippen LogP contribution in [0.5, 0.6) is 0 Å². The number of nitrogens with zero attached hydrogens (tertiary/aromatic N) is 2. The monoisotopic (exact) mass is 208 g/mol. The van der Waals surface area contributed by atoms with Gasteiger partial charge in [0.05, 0.1) is 6.61 Å². The number of carbonyl (C=O) groups is 2. The van der Waals surface area contributed by atoms with E-state index in [1.54, 1.807) is 13.8 Å². The zero-order valence-corrected chi connectivity index (χ0v) is 8.69. The van der Waals surface area contributed by atoms with Gasteiger partial charge < -0.3 is 4.74 Å². The Bertz CT molecular complexity index is 377. The predicted octanol–water partition coefficient (Wildman–Crippen LogP) is 0.921. The highest BCUT2D eigenvalue weighted by molar-refractivity contribution is 6.04. The number of hydrogen-bond acceptors (Lipinski definition) is 5. The molecule has 0 aromatic carbocycles. The Labute approximate surface area is 87.5 Å². The van der Waals surface area contributed by atoms with Crippen molar-refractivity contribution in [2.45, 2.75) is 20.3 Å². The van der Waals surface area contributed by atoms with Crippen LogP contribution in [-0.4, -0.2) is 28.3 Å². The molecule has 0 saturated carbocycles. The average molecular weight is 208 g/mol. The summed E-state index contributed by atoms with van der Waals surface area (Å²) in [4.78, 5) is 30.3. The molecule has 0 amide bonds. The minimum absolute atomic E-state index is 0.246. The van der Waals surface area contributed by atoms with Gasteiger partial charge in [-0.3, -0.25) is 9.59 Å². The second-order valence-electron chi connectivity index (χ2n) is 2.89. The summed E-state index contributed by atoms with van der Waals surface area (Å²) in [5.41, 5.74) is 0.246. The Morgan fingerprint density at radius 3 is 2.80 bits per heavy atom. The van der Waals surface area contributed by atoms with Crippen LogP contribution in [0.4, 0.5) is 0 Å². The third-order valence-electron chi connectivity index (χ3n) is 1.67. The van der Waals surface area contributed by atoms with Crippen LogP contribution in [0.25, 0.3) is 0 Å². The molecule has 1 rings (SSSR count). The molecule has 0 fully saturated rings. The fourth-order valence-electron chi connectivity index (χ4n) is 1.05. The summed E-state index contributed by atoms with van der Waals surface area (Å²) in [5, 5.41) is 0. The van der Waals surface area contributed by atoms with E-state index in [4.69, 9.17) is 0 Å². The minimum atomic E-state index is -0.529. The van der Waals surface area contributed by atoms with Crippen LogP contribution in [0.1, 0.15) is 29.7 Å². The highest BCUT2D eigenvalue weighted by Gasteiger charge is 2.13. The van der Waals surface area contributed by atoms with E-state index in [0.29, 0.717) is 5.82 Å². The van der Waals surface area contributed by atoms with E-state index in [1.807, 2.05) is 0 Å². The van der Waals surface area contributed by atoms with Crippen molar-refractivity contribution in [2.75, 3.05) is 6.61 Å². The molecule has 0 bridgehead atoms. The average Bonchev–Trinajstić information content (AvgIpc) is 2.18. The third kappa shape index (κ3) is 3.46. The maximum Gasteiger partial charge on any atom is 0.313 e. The number of aryl methyl sites for hydroxylation is 1. The molecule has 1 aromatic heterocycles. The van der Waals surface area contributed by atoms with Crippen molar-refractivity contribution >= 4 is 11.8 Å². The molecule has 0 spiro atoms. The van der Waals surface area contributed by atoms with Crippen LogP contribution in [0.15, 0.2) is 12.3 Å². The van der Waals surface area contributed by atoms with Crippen LogP contribution in [0, 0.1) is 6.92 Å². The van der Waals surface area contributed by atoms with Crippen LogP contribution >= 0.6 is 0 Å². The topological polar surface area (TPSA) is 69.2 Å². The molecule has 0 unspecified atom stereocenters. The van der Waals surface area contributed by atoms with E-state index in [2.05, 4.69) is 14.7 Å². The number of esters is 1. The lowest BCUT2D eigenvalue weighted by molar-refractivity contribution is -0.141. The first-order valence-electron chi connectivity index (χ1n) is 4.62. The second kappa shape index (κ2) is 5.19. The first-order chi connectivity index (χ1) is 7.13. The summed E-state index contributed by atoms with van der Waals surface area (Å²) in [6.45, 7) is 3.65. The number of ketones is 1. The molecule has 0 radical (unpaired) electrons. The Morgan fingerprint density at radius 2 is 2.20 bits per heavy atom. The van der Waals surface area contributed by atoms with Crippen molar-refractivity contribution in [2.24, 2.45) is 0 Å². The SMILES string of the molecule is CCOC(=O)CC(=O)c1ccnc(C)n1. The Hall–Kier alpha value is -1.78. The van der Waals surface area contributed by atoms with E-state index in [9.17, 15) is 9.59 Å². The molecule has 0 aliphatic heterocycles. The van der Waals surface area contributed by atoms with Crippen LogP contribution < -0.4 is 0 Å². The molecule has 0 aliphatic carbocycles. The highest BCUT2D eigenvalue weighted by Crippen LogP contribution is 2.01. The molecule has 5 nitrogen and oxygen atoms in total. The largest absolute Gasteiger partial charge is 0.466 e. The van der Waals surface area contributed by atoms with Crippen LogP contribution in [-0.2, 0) is 9.53 Å². The van der Waals surface area contributed by atoms with Gasteiger partial charge in [-0.05, 0) is 19.9 Å². The van der Waals surface area contributed by atoms with E-state index in [1.165, 1.54) is 12.3 Å². The number of rotatable bonds is 4. The van der Waals surface area contributed by atoms with Gasteiger partial charge in [-0.15, -0.1) is 0 Å². The molecule has 1 heterocycles. The molecular weight excluding hydrogens is 196 g/mol. The summed E-state index contributed by atoms with van der Waals surface area (Å²) >= 11 is 0. The van der Waals surface area contributed by atoms with Crippen LogP contribution in [0.3, 0.4) is 0 Å². The molecule has 80 valence electrons. The summed E-state index contributed by atoms with van der Waals surface area (Å²) in [6, 6.07) is 1.48. The normalized spacial score (nSPS) is 9.73. The van der Waals surface area contributed by atoms with E-state index in [-0.39, 0.29) is 24.5 Å². The van der Waals surface area contributed by atoms with Crippen molar-refractivity contribution in [3.05, 3.63) is 23.8 Å². The molecule has 0 aliphatic rings. The van der Waals surface area contributed by atoms with Gasteiger partial charge in [0.15, 0.2) is 5.78 Å². The van der Waals surface area contributed by atoms with Crippen molar-refractivity contribution in [3.8, 4) is 0 Å². The maximum atomic E-state index is 11.5. The van der Waals surface area contributed by atoms with Crippen molar-refractivity contribution < 1.29 is 14.3 Å². The van der Waals surface area contributed by atoms with Gasteiger partial charge in [-0.1, -0.05) is 0 Å². The highest BCUT2D eigenvalue weighted by atomic mass is 16.5. The summed E-state index contributed by atoms with van der Waals surface area (Å²) in [7, 11) is 0. The van der Waals surface area contributed by atoms with Crippen molar-refractivity contribution in [3.63, 3.8) is 0 Å². The molecule has 5 heteroatoms. The summed E-state index contributed by atoms with van der Waals surface area (Å²) in [6.07, 6.45) is 1.21. The molecule has 15 heavy (non-hydrogen) atoms. The Balaban J connectivity index is 2.65. The number of ether oxygens (including phenoxy) is 1. The maximum absolute atomic E-state index is 11.5. The number of Topliss-reactive ketones (excluding diaryl/α,β-unsaturated/α-hetero) is 1. The van der Waals surface area contributed by atoms with Crippen molar-refractivity contribution in [1.29, 1.82) is 0 Å². The lowest BCUT2D eigenvalue weighted by Crippen LogP contribution is -2.13. The lowest BCUT2D eigenvalue weighted by Gasteiger charge is -2.01. The zero-order chi connectivity index (χ0) is 11.3. The van der Waals surface area contributed by atoms with Gasteiger partial charge in [0.2, 0.25) is 0 Å². The Kier molecular flexibility index (Phi) is 3.91. The number of aromatic nitrogens is 2. The fraction of sp³-hybridized carbons (Fsp3) is 0.400. The van der Waals surface area contributed by atoms with Gasteiger partial charge in [0, 0.05) is 6.20 Å². The Morgan fingerprint density at radius 1 is 1.47 bits per heavy atom. The first kappa shape index (κ1) is 11.3. The van der Waals surface area contributed by atoms with Gasteiger partial charge in [0.25, 0.3) is 0 Å². The molecule has 0 N–H and O–H groups in total. The molecule has 0 saturated heterocycles. The molecule has 0 atom stereocenters. The first-order valence-corrected chi connectivity index (χ1v) is 4.62. The van der Waals surface area contributed by atoms with E-state index >= 15 is 0 Å². The quantitative estimate of drug-likeness (QED) is 0.418. The van der Waals surface area contributed by atoms with Gasteiger partial charge >= 0.3 is 5.97 Å². The third-order valence-corrected chi connectivity index (χ3v) is 1.67. The summed E-state index contributed by atoms with van der Waals surface area (Å²) < 4.78 is 4.66.